The van der Waals surface area contributed by atoms with Crippen LogP contribution in [0.15, 0.2) is 24.4 Å². The Hall–Kier alpha value is -1.46. The molecule has 1 heterocycles. The second kappa shape index (κ2) is 6.92. The zero-order chi connectivity index (χ0) is 10.9. The van der Waals surface area contributed by atoms with Crippen LogP contribution in [0.25, 0.3) is 0 Å². The molecule has 0 fully saturated rings. The third-order valence-electron chi connectivity index (χ3n) is 1.66. The number of likely N-dealkylation sites (N-methyl/N-ethyl adjacent to an activating group) is 1. The molecule has 0 saturated carbocycles. The molecule has 1 amide bonds. The Morgan fingerprint density at radius 2 is 2.40 bits per heavy atom. The maximum Gasteiger partial charge on any atom is 0.251 e. The van der Waals surface area contributed by atoms with Gasteiger partial charge < -0.3 is 15.4 Å². The second-order valence-corrected chi connectivity index (χ2v) is 2.92. The molecule has 82 valence electrons. The van der Waals surface area contributed by atoms with Gasteiger partial charge in [-0.1, -0.05) is 6.07 Å². The maximum atomic E-state index is 11.3. The fraction of sp³-hybridized carbons (Fsp3) is 0.400. The van der Waals surface area contributed by atoms with Gasteiger partial charge in [-0.15, -0.1) is 0 Å². The van der Waals surface area contributed by atoms with Gasteiger partial charge in [0.05, 0.1) is 6.61 Å². The Bertz CT molecular complexity index is 290. The number of rotatable bonds is 6. The van der Waals surface area contributed by atoms with Crippen LogP contribution in [0.3, 0.4) is 0 Å². The first-order valence-electron chi connectivity index (χ1n) is 4.76. The van der Waals surface area contributed by atoms with E-state index in [-0.39, 0.29) is 12.5 Å². The summed E-state index contributed by atoms with van der Waals surface area (Å²) in [5, 5.41) is 5.55. The molecule has 0 atom stereocenters. The third-order valence-corrected chi connectivity index (χ3v) is 1.66. The van der Waals surface area contributed by atoms with Crippen LogP contribution in [0.1, 0.15) is 0 Å². The number of hydrogen-bond donors (Lipinski definition) is 2. The molecule has 0 spiro atoms. The third kappa shape index (κ3) is 5.09. The van der Waals surface area contributed by atoms with Crippen molar-refractivity contribution in [2.75, 3.05) is 32.1 Å². The van der Waals surface area contributed by atoms with E-state index >= 15 is 0 Å². The molecule has 1 aromatic rings. The van der Waals surface area contributed by atoms with Crippen LogP contribution in [0.2, 0.25) is 0 Å². The lowest BCUT2D eigenvalue weighted by molar-refractivity contribution is -0.120. The SMILES string of the molecule is CNCCOCC(=O)Nc1ccccn1. The number of carbonyl (C=O) groups excluding carboxylic acids is 1. The average molecular weight is 209 g/mol. The molecule has 5 nitrogen and oxygen atoms in total. The molecule has 0 bridgehead atoms. The highest BCUT2D eigenvalue weighted by Gasteiger charge is 2.01. The van der Waals surface area contributed by atoms with Gasteiger partial charge in [-0.05, 0) is 19.2 Å². The summed E-state index contributed by atoms with van der Waals surface area (Å²) in [6, 6.07) is 5.33. The number of ether oxygens (including phenoxy) is 1. The number of amides is 1. The van der Waals surface area contributed by atoms with Crippen molar-refractivity contribution in [3.05, 3.63) is 24.4 Å². The summed E-state index contributed by atoms with van der Waals surface area (Å²) in [6.45, 7) is 1.31. The number of pyridine rings is 1. The minimum Gasteiger partial charge on any atom is -0.370 e. The van der Waals surface area contributed by atoms with Gasteiger partial charge in [0.25, 0.3) is 5.91 Å². The zero-order valence-corrected chi connectivity index (χ0v) is 8.69. The highest BCUT2D eigenvalue weighted by molar-refractivity contribution is 5.90. The average Bonchev–Trinajstić information content (AvgIpc) is 2.26. The molecule has 1 rings (SSSR count). The minimum atomic E-state index is -0.190. The van der Waals surface area contributed by atoms with Crippen molar-refractivity contribution >= 4 is 11.7 Å². The van der Waals surface area contributed by atoms with Crippen molar-refractivity contribution in [2.45, 2.75) is 0 Å². The minimum absolute atomic E-state index is 0.0538. The first kappa shape index (κ1) is 11.6. The fourth-order valence-corrected chi connectivity index (χ4v) is 0.955. The Kier molecular flexibility index (Phi) is 5.35. The standard InChI is InChI=1S/C10H15N3O2/c1-11-6-7-15-8-10(14)13-9-4-2-3-5-12-9/h2-5,11H,6-8H2,1H3,(H,12,13,14). The van der Waals surface area contributed by atoms with Gasteiger partial charge in [0.2, 0.25) is 0 Å². The summed E-state index contributed by atoms with van der Waals surface area (Å²) in [5.41, 5.74) is 0. The Morgan fingerprint density at radius 3 is 3.07 bits per heavy atom. The summed E-state index contributed by atoms with van der Waals surface area (Å²) in [4.78, 5) is 15.2. The smallest absolute Gasteiger partial charge is 0.251 e. The van der Waals surface area contributed by atoms with E-state index in [1.165, 1.54) is 0 Å². The van der Waals surface area contributed by atoms with Crippen molar-refractivity contribution in [1.82, 2.24) is 10.3 Å². The van der Waals surface area contributed by atoms with Crippen molar-refractivity contribution in [1.29, 1.82) is 0 Å². The molecule has 15 heavy (non-hydrogen) atoms. The van der Waals surface area contributed by atoms with Gasteiger partial charge in [-0.25, -0.2) is 4.98 Å². The van der Waals surface area contributed by atoms with Crippen molar-refractivity contribution in [3.8, 4) is 0 Å². The van der Waals surface area contributed by atoms with E-state index in [9.17, 15) is 4.79 Å². The number of aromatic nitrogens is 1. The molecule has 1 aromatic heterocycles. The van der Waals surface area contributed by atoms with Gasteiger partial charge in [0, 0.05) is 12.7 Å². The van der Waals surface area contributed by atoms with E-state index in [1.807, 2.05) is 13.1 Å². The van der Waals surface area contributed by atoms with Gasteiger partial charge in [0.1, 0.15) is 12.4 Å². The van der Waals surface area contributed by atoms with Gasteiger partial charge in [-0.2, -0.15) is 0 Å². The van der Waals surface area contributed by atoms with Crippen LogP contribution in [0.5, 0.6) is 0 Å². The van der Waals surface area contributed by atoms with E-state index in [1.54, 1.807) is 18.3 Å². The monoisotopic (exact) mass is 209 g/mol. The molecule has 2 N–H and O–H groups in total. The largest absolute Gasteiger partial charge is 0.370 e. The molecule has 0 aliphatic carbocycles. The number of nitrogens with one attached hydrogen (secondary N) is 2. The van der Waals surface area contributed by atoms with E-state index in [0.717, 1.165) is 6.54 Å². The molecule has 0 aliphatic heterocycles. The summed E-state index contributed by atoms with van der Waals surface area (Å²) < 4.78 is 5.11. The molecular formula is C10H15N3O2. The molecule has 0 aromatic carbocycles. The summed E-state index contributed by atoms with van der Waals surface area (Å²) >= 11 is 0. The highest BCUT2D eigenvalue weighted by atomic mass is 16.5. The van der Waals surface area contributed by atoms with E-state index < -0.39 is 0 Å². The topological polar surface area (TPSA) is 63.2 Å². The second-order valence-electron chi connectivity index (χ2n) is 2.92. The van der Waals surface area contributed by atoms with Crippen LogP contribution in [0, 0.1) is 0 Å². The first-order chi connectivity index (χ1) is 7.33. The van der Waals surface area contributed by atoms with E-state index in [0.29, 0.717) is 12.4 Å². The summed E-state index contributed by atoms with van der Waals surface area (Å²) in [5.74, 6) is 0.351. The normalized spacial score (nSPS) is 9.93. The van der Waals surface area contributed by atoms with Crippen LogP contribution >= 0.6 is 0 Å². The number of anilines is 1. The van der Waals surface area contributed by atoms with Crippen LogP contribution < -0.4 is 10.6 Å². The van der Waals surface area contributed by atoms with Gasteiger partial charge >= 0.3 is 0 Å². The predicted octanol–water partition coefficient (Wildman–Crippen LogP) is 0.256. The zero-order valence-electron chi connectivity index (χ0n) is 8.69. The maximum absolute atomic E-state index is 11.3. The van der Waals surface area contributed by atoms with Gasteiger partial charge in [-0.3, -0.25) is 4.79 Å². The van der Waals surface area contributed by atoms with Crippen molar-refractivity contribution in [2.24, 2.45) is 0 Å². The van der Waals surface area contributed by atoms with Gasteiger partial charge in [0.15, 0.2) is 0 Å². The molecule has 5 heteroatoms. The highest BCUT2D eigenvalue weighted by Crippen LogP contribution is 1.98. The molecule has 0 unspecified atom stereocenters. The lowest BCUT2D eigenvalue weighted by Crippen LogP contribution is -2.22. The lowest BCUT2D eigenvalue weighted by Gasteiger charge is -2.04. The molecule has 0 radical (unpaired) electrons. The Morgan fingerprint density at radius 1 is 1.53 bits per heavy atom. The van der Waals surface area contributed by atoms with E-state index in [4.69, 9.17) is 4.74 Å². The first-order valence-corrected chi connectivity index (χ1v) is 4.76. The summed E-state index contributed by atoms with van der Waals surface area (Å²) in [7, 11) is 1.83. The lowest BCUT2D eigenvalue weighted by atomic mass is 10.4. The Labute approximate surface area is 88.9 Å². The molecular weight excluding hydrogens is 194 g/mol. The number of carbonyl (C=O) groups is 1. The van der Waals surface area contributed by atoms with Crippen molar-refractivity contribution in [3.63, 3.8) is 0 Å². The number of hydrogen-bond acceptors (Lipinski definition) is 4. The molecule has 0 saturated heterocycles. The molecule has 0 aliphatic rings. The van der Waals surface area contributed by atoms with Crippen LogP contribution in [-0.2, 0) is 9.53 Å². The number of nitrogens with zero attached hydrogens (tertiary/aromatic N) is 1. The quantitative estimate of drug-likeness (QED) is 0.659. The summed E-state index contributed by atoms with van der Waals surface area (Å²) in [6.07, 6.45) is 1.62. The Balaban J connectivity index is 2.19. The van der Waals surface area contributed by atoms with Crippen molar-refractivity contribution < 1.29 is 9.53 Å². The predicted molar refractivity (Wildman–Crippen MR) is 57.6 cm³/mol. The van der Waals surface area contributed by atoms with E-state index in [2.05, 4.69) is 15.6 Å². The fourth-order valence-electron chi connectivity index (χ4n) is 0.955. The van der Waals surface area contributed by atoms with Crippen LogP contribution in [-0.4, -0.2) is 37.7 Å². The van der Waals surface area contributed by atoms with Crippen LogP contribution in [0.4, 0.5) is 5.82 Å².